The molecule has 106 valence electrons. The molecule has 1 heterocycles. The predicted molar refractivity (Wildman–Crippen MR) is 78.1 cm³/mol. The Morgan fingerprint density at radius 2 is 1.74 bits per heavy atom. The van der Waals surface area contributed by atoms with Gasteiger partial charge in [0.15, 0.2) is 0 Å². The molecular formula is C15H25N3O. The number of hydrogen-bond acceptors (Lipinski definition) is 4. The van der Waals surface area contributed by atoms with Crippen molar-refractivity contribution in [2.75, 3.05) is 46.3 Å². The number of aliphatic hydroxyl groups is 1. The number of hydrogen-bond donors (Lipinski definition) is 2. The van der Waals surface area contributed by atoms with Gasteiger partial charge in [0.1, 0.15) is 0 Å². The SMILES string of the molecule is CNCC(O)CN1CCN(Cc2ccccc2)CC1. The Morgan fingerprint density at radius 1 is 1.11 bits per heavy atom. The first-order valence-electron chi connectivity index (χ1n) is 7.09. The van der Waals surface area contributed by atoms with Gasteiger partial charge in [-0.25, -0.2) is 0 Å². The van der Waals surface area contributed by atoms with Crippen molar-refractivity contribution in [1.82, 2.24) is 15.1 Å². The number of β-amino-alcohol motifs (C(OH)–C–C–N with tert-alkyl or cyclic N) is 1. The van der Waals surface area contributed by atoms with Crippen molar-refractivity contribution in [2.24, 2.45) is 0 Å². The van der Waals surface area contributed by atoms with Crippen LogP contribution in [-0.2, 0) is 6.54 Å². The molecule has 0 aromatic heterocycles. The highest BCUT2D eigenvalue weighted by Gasteiger charge is 2.18. The second kappa shape index (κ2) is 7.60. The molecule has 0 bridgehead atoms. The summed E-state index contributed by atoms with van der Waals surface area (Å²) in [7, 11) is 1.88. The van der Waals surface area contributed by atoms with E-state index in [0.29, 0.717) is 6.54 Å². The van der Waals surface area contributed by atoms with E-state index >= 15 is 0 Å². The van der Waals surface area contributed by atoms with Crippen LogP contribution in [0.2, 0.25) is 0 Å². The van der Waals surface area contributed by atoms with Crippen molar-refractivity contribution in [1.29, 1.82) is 0 Å². The number of rotatable bonds is 6. The average molecular weight is 263 g/mol. The number of nitrogens with zero attached hydrogens (tertiary/aromatic N) is 2. The third-order valence-corrected chi connectivity index (χ3v) is 3.62. The zero-order valence-electron chi connectivity index (χ0n) is 11.8. The molecule has 1 fully saturated rings. The van der Waals surface area contributed by atoms with Crippen LogP contribution in [0.5, 0.6) is 0 Å². The van der Waals surface area contributed by atoms with Gasteiger partial charge in [-0.05, 0) is 12.6 Å². The van der Waals surface area contributed by atoms with E-state index in [1.54, 1.807) is 0 Å². The van der Waals surface area contributed by atoms with Crippen LogP contribution in [0, 0.1) is 0 Å². The molecule has 1 unspecified atom stereocenters. The molecule has 1 aliphatic heterocycles. The molecule has 2 N–H and O–H groups in total. The van der Waals surface area contributed by atoms with E-state index in [9.17, 15) is 5.11 Å². The van der Waals surface area contributed by atoms with Crippen molar-refractivity contribution in [3.8, 4) is 0 Å². The molecule has 0 amide bonds. The van der Waals surface area contributed by atoms with Crippen LogP contribution in [-0.4, -0.2) is 67.3 Å². The Hall–Kier alpha value is -0.940. The number of nitrogens with one attached hydrogen (secondary N) is 1. The van der Waals surface area contributed by atoms with Crippen molar-refractivity contribution >= 4 is 0 Å². The van der Waals surface area contributed by atoms with Gasteiger partial charge in [0.2, 0.25) is 0 Å². The molecule has 1 saturated heterocycles. The highest BCUT2D eigenvalue weighted by molar-refractivity contribution is 5.14. The zero-order chi connectivity index (χ0) is 13.5. The highest BCUT2D eigenvalue weighted by atomic mass is 16.3. The van der Waals surface area contributed by atoms with Crippen molar-refractivity contribution in [3.63, 3.8) is 0 Å². The van der Waals surface area contributed by atoms with E-state index in [0.717, 1.165) is 39.3 Å². The summed E-state index contributed by atoms with van der Waals surface area (Å²) in [6.07, 6.45) is -0.259. The average Bonchev–Trinajstić information content (AvgIpc) is 2.42. The molecule has 0 spiro atoms. The molecule has 0 aliphatic carbocycles. The van der Waals surface area contributed by atoms with E-state index < -0.39 is 0 Å². The summed E-state index contributed by atoms with van der Waals surface area (Å²) in [5, 5.41) is 12.8. The molecule has 1 aromatic rings. The second-order valence-electron chi connectivity index (χ2n) is 5.27. The summed E-state index contributed by atoms with van der Waals surface area (Å²) in [6.45, 7) is 6.75. The largest absolute Gasteiger partial charge is 0.390 e. The fourth-order valence-electron chi connectivity index (χ4n) is 2.57. The third-order valence-electron chi connectivity index (χ3n) is 3.62. The fourth-order valence-corrected chi connectivity index (χ4v) is 2.57. The first kappa shape index (κ1) is 14.5. The van der Waals surface area contributed by atoms with Crippen LogP contribution in [0.4, 0.5) is 0 Å². The van der Waals surface area contributed by atoms with Crippen molar-refractivity contribution in [2.45, 2.75) is 12.6 Å². The Bertz CT molecular complexity index is 350. The third kappa shape index (κ3) is 4.91. The maximum absolute atomic E-state index is 9.78. The fraction of sp³-hybridized carbons (Fsp3) is 0.600. The van der Waals surface area contributed by atoms with Gasteiger partial charge in [0, 0.05) is 45.8 Å². The summed E-state index contributed by atoms with van der Waals surface area (Å²) >= 11 is 0. The van der Waals surface area contributed by atoms with Gasteiger partial charge in [0.25, 0.3) is 0 Å². The summed E-state index contributed by atoms with van der Waals surface area (Å²) in [5.41, 5.74) is 1.38. The molecule has 1 aromatic carbocycles. The number of benzene rings is 1. The number of aliphatic hydroxyl groups excluding tert-OH is 1. The smallest absolute Gasteiger partial charge is 0.0791 e. The molecule has 4 heteroatoms. The van der Waals surface area contributed by atoms with Crippen LogP contribution in [0.3, 0.4) is 0 Å². The summed E-state index contributed by atoms with van der Waals surface area (Å²) < 4.78 is 0. The molecule has 0 saturated carbocycles. The Kier molecular flexibility index (Phi) is 5.79. The topological polar surface area (TPSA) is 38.7 Å². The maximum atomic E-state index is 9.78. The van der Waals surface area contributed by atoms with Gasteiger partial charge in [-0.15, -0.1) is 0 Å². The van der Waals surface area contributed by atoms with Gasteiger partial charge in [-0.1, -0.05) is 30.3 Å². The molecular weight excluding hydrogens is 238 g/mol. The standard InChI is InChI=1S/C15H25N3O/c1-16-11-15(19)13-18-9-7-17(8-10-18)12-14-5-3-2-4-6-14/h2-6,15-16,19H,7-13H2,1H3. The summed E-state index contributed by atoms with van der Waals surface area (Å²) in [5.74, 6) is 0. The van der Waals surface area contributed by atoms with Gasteiger partial charge >= 0.3 is 0 Å². The van der Waals surface area contributed by atoms with E-state index in [2.05, 4.69) is 45.4 Å². The maximum Gasteiger partial charge on any atom is 0.0791 e. The minimum absolute atomic E-state index is 0.259. The normalized spacial score (nSPS) is 19.5. The van der Waals surface area contributed by atoms with E-state index in [1.165, 1.54) is 5.56 Å². The lowest BCUT2D eigenvalue weighted by Gasteiger charge is -2.35. The molecule has 1 aliphatic rings. The quantitative estimate of drug-likeness (QED) is 0.778. The highest BCUT2D eigenvalue weighted by Crippen LogP contribution is 2.08. The van der Waals surface area contributed by atoms with Crippen LogP contribution < -0.4 is 5.32 Å². The Morgan fingerprint density at radius 3 is 2.37 bits per heavy atom. The lowest BCUT2D eigenvalue weighted by atomic mass is 10.2. The zero-order valence-corrected chi connectivity index (χ0v) is 11.8. The van der Waals surface area contributed by atoms with E-state index in [-0.39, 0.29) is 6.10 Å². The monoisotopic (exact) mass is 263 g/mol. The van der Waals surface area contributed by atoms with Crippen molar-refractivity contribution < 1.29 is 5.11 Å². The summed E-state index contributed by atoms with van der Waals surface area (Å²) in [6, 6.07) is 10.6. The van der Waals surface area contributed by atoms with Gasteiger partial charge in [-0.3, -0.25) is 9.80 Å². The minimum Gasteiger partial charge on any atom is -0.390 e. The molecule has 0 radical (unpaired) electrons. The van der Waals surface area contributed by atoms with Crippen LogP contribution >= 0.6 is 0 Å². The molecule has 4 nitrogen and oxygen atoms in total. The summed E-state index contributed by atoms with van der Waals surface area (Å²) in [4.78, 5) is 4.83. The van der Waals surface area contributed by atoms with E-state index in [1.807, 2.05) is 7.05 Å². The Labute approximate surface area is 116 Å². The first-order chi connectivity index (χ1) is 9.28. The van der Waals surface area contributed by atoms with Gasteiger partial charge < -0.3 is 10.4 Å². The van der Waals surface area contributed by atoms with Crippen LogP contribution in [0.15, 0.2) is 30.3 Å². The predicted octanol–water partition coefficient (Wildman–Crippen LogP) is 0.385. The molecule has 1 atom stereocenters. The lowest BCUT2D eigenvalue weighted by molar-refractivity contribution is 0.0710. The lowest BCUT2D eigenvalue weighted by Crippen LogP contribution is -2.49. The molecule has 19 heavy (non-hydrogen) atoms. The van der Waals surface area contributed by atoms with Gasteiger partial charge in [-0.2, -0.15) is 0 Å². The van der Waals surface area contributed by atoms with E-state index in [4.69, 9.17) is 0 Å². The second-order valence-corrected chi connectivity index (χ2v) is 5.27. The van der Waals surface area contributed by atoms with Crippen LogP contribution in [0.1, 0.15) is 5.56 Å². The minimum atomic E-state index is -0.259. The Balaban J connectivity index is 1.70. The van der Waals surface area contributed by atoms with Gasteiger partial charge in [0.05, 0.1) is 6.10 Å². The van der Waals surface area contributed by atoms with Crippen molar-refractivity contribution in [3.05, 3.63) is 35.9 Å². The molecule has 2 rings (SSSR count). The first-order valence-corrected chi connectivity index (χ1v) is 7.09. The number of piperazine rings is 1. The number of likely N-dealkylation sites (N-methyl/N-ethyl adjacent to an activating group) is 1. The van der Waals surface area contributed by atoms with Crippen LogP contribution in [0.25, 0.3) is 0 Å².